The first-order chi connectivity index (χ1) is 13.0. The van der Waals surface area contributed by atoms with Crippen LogP contribution in [-0.4, -0.2) is 50.5 Å². The van der Waals surface area contributed by atoms with E-state index < -0.39 is 0 Å². The second-order valence-corrected chi connectivity index (χ2v) is 6.76. The first kappa shape index (κ1) is 20.6. The van der Waals surface area contributed by atoms with E-state index in [1.165, 1.54) is 16.7 Å². The lowest BCUT2D eigenvalue weighted by Crippen LogP contribution is -2.40. The van der Waals surface area contributed by atoms with Crippen LogP contribution in [0.3, 0.4) is 0 Å². The van der Waals surface area contributed by atoms with E-state index in [2.05, 4.69) is 47.7 Å². The van der Waals surface area contributed by atoms with E-state index in [0.717, 1.165) is 25.1 Å². The van der Waals surface area contributed by atoms with Gasteiger partial charge in [0.1, 0.15) is 12.3 Å². The number of aryl methyl sites for hydroxylation is 2. The molecule has 2 N–H and O–H groups in total. The summed E-state index contributed by atoms with van der Waals surface area (Å²) in [7, 11) is 3.46. The van der Waals surface area contributed by atoms with Crippen LogP contribution >= 0.6 is 0 Å². The Morgan fingerprint density at radius 3 is 2.30 bits per heavy atom. The van der Waals surface area contributed by atoms with Gasteiger partial charge in [-0.2, -0.15) is 0 Å². The lowest BCUT2D eigenvalue weighted by atomic mass is 10.0. The fourth-order valence-corrected chi connectivity index (χ4v) is 2.77. The highest BCUT2D eigenvalue weighted by Gasteiger charge is 2.06. The number of guanidine groups is 1. The fourth-order valence-electron chi connectivity index (χ4n) is 2.77. The minimum Gasteiger partial charge on any atom is -0.469 e. The molecule has 27 heavy (non-hydrogen) atoms. The molecule has 0 radical (unpaired) electrons. The smallest absolute Gasteiger partial charge is 0.243 e. The van der Waals surface area contributed by atoms with Gasteiger partial charge in [0.25, 0.3) is 0 Å². The highest BCUT2D eigenvalue weighted by Crippen LogP contribution is 2.13. The summed E-state index contributed by atoms with van der Waals surface area (Å²) >= 11 is 0. The zero-order valence-electron chi connectivity index (χ0n) is 16.7. The normalized spacial score (nSPS) is 11.3. The van der Waals surface area contributed by atoms with Gasteiger partial charge in [0.15, 0.2) is 5.96 Å². The number of nitrogens with zero attached hydrogens (tertiary/aromatic N) is 2. The monoisotopic (exact) mass is 370 g/mol. The van der Waals surface area contributed by atoms with Crippen molar-refractivity contribution >= 4 is 11.9 Å². The summed E-state index contributed by atoms with van der Waals surface area (Å²) < 4.78 is 5.35. The quantitative estimate of drug-likeness (QED) is 0.553. The number of aliphatic imine (C=N–C) groups is 1. The van der Waals surface area contributed by atoms with Gasteiger partial charge in [-0.05, 0) is 49.1 Å². The van der Waals surface area contributed by atoms with E-state index in [1.807, 2.05) is 12.1 Å². The van der Waals surface area contributed by atoms with E-state index >= 15 is 0 Å². The Morgan fingerprint density at radius 1 is 1.04 bits per heavy atom. The van der Waals surface area contributed by atoms with Gasteiger partial charge < -0.3 is 20.0 Å². The third-order valence-electron chi connectivity index (χ3n) is 4.43. The van der Waals surface area contributed by atoms with Crippen LogP contribution in [0.5, 0.6) is 0 Å². The first-order valence-electron chi connectivity index (χ1n) is 9.27. The molecule has 0 bridgehead atoms. The van der Waals surface area contributed by atoms with Crippen molar-refractivity contribution in [3.05, 3.63) is 59.0 Å². The van der Waals surface area contributed by atoms with Gasteiger partial charge in [0, 0.05) is 33.6 Å². The molecule has 1 heterocycles. The Morgan fingerprint density at radius 2 is 1.70 bits per heavy atom. The molecule has 146 valence electrons. The third kappa shape index (κ3) is 6.81. The maximum Gasteiger partial charge on any atom is 0.243 e. The van der Waals surface area contributed by atoms with Crippen molar-refractivity contribution in [3.8, 4) is 0 Å². The molecule has 0 aliphatic rings. The van der Waals surface area contributed by atoms with Crippen molar-refractivity contribution in [2.24, 2.45) is 4.99 Å². The number of amides is 1. The van der Waals surface area contributed by atoms with E-state index in [0.29, 0.717) is 12.5 Å². The van der Waals surface area contributed by atoms with Crippen molar-refractivity contribution in [2.45, 2.75) is 26.7 Å². The number of carbonyl (C=O) groups is 1. The van der Waals surface area contributed by atoms with Gasteiger partial charge in [-0.1, -0.05) is 18.2 Å². The number of furan rings is 1. The van der Waals surface area contributed by atoms with Crippen LogP contribution in [0.15, 0.2) is 46.0 Å². The molecular weight excluding hydrogens is 340 g/mol. The average molecular weight is 370 g/mol. The third-order valence-corrected chi connectivity index (χ3v) is 4.43. The molecule has 0 saturated heterocycles. The topological polar surface area (TPSA) is 69.9 Å². The summed E-state index contributed by atoms with van der Waals surface area (Å²) in [5.74, 6) is 1.53. The standard InChI is InChI=1S/C21H30N4O2/c1-16-7-5-8-17(2)19(16)11-13-23-21(24-15-20(26)25(3)4)22-12-10-18-9-6-14-27-18/h5-9,14H,10-13,15H2,1-4H3,(H2,22,23,24). The molecule has 0 fully saturated rings. The highest BCUT2D eigenvalue weighted by atomic mass is 16.3. The molecule has 2 aromatic rings. The Bertz CT molecular complexity index is 731. The number of hydrogen-bond donors (Lipinski definition) is 2. The Labute approximate surface area is 161 Å². The van der Waals surface area contributed by atoms with Gasteiger partial charge in [-0.15, -0.1) is 0 Å². The van der Waals surface area contributed by atoms with Gasteiger partial charge >= 0.3 is 0 Å². The van der Waals surface area contributed by atoms with Crippen LogP contribution in [-0.2, 0) is 17.6 Å². The maximum atomic E-state index is 11.8. The zero-order chi connectivity index (χ0) is 19.6. The SMILES string of the molecule is Cc1cccc(C)c1CCNC(=NCC(=O)N(C)C)NCCc1ccco1. The van der Waals surface area contributed by atoms with Crippen LogP contribution in [0.1, 0.15) is 22.5 Å². The molecule has 1 aromatic heterocycles. The van der Waals surface area contributed by atoms with Crippen molar-refractivity contribution in [1.82, 2.24) is 15.5 Å². The Balaban J connectivity index is 1.91. The minimum atomic E-state index is -0.0307. The number of carbonyl (C=O) groups excluding carboxylic acids is 1. The average Bonchev–Trinajstić information content (AvgIpc) is 3.14. The van der Waals surface area contributed by atoms with Gasteiger partial charge in [0.05, 0.1) is 6.26 Å². The molecule has 0 atom stereocenters. The summed E-state index contributed by atoms with van der Waals surface area (Å²) in [5, 5.41) is 6.61. The van der Waals surface area contributed by atoms with E-state index in [1.54, 1.807) is 25.3 Å². The van der Waals surface area contributed by atoms with Crippen LogP contribution in [0.25, 0.3) is 0 Å². The molecule has 0 spiro atoms. The molecule has 1 amide bonds. The molecule has 6 nitrogen and oxygen atoms in total. The summed E-state index contributed by atoms with van der Waals surface area (Å²) in [4.78, 5) is 17.8. The number of hydrogen-bond acceptors (Lipinski definition) is 3. The van der Waals surface area contributed by atoms with E-state index in [-0.39, 0.29) is 12.5 Å². The molecule has 0 saturated carbocycles. The number of rotatable bonds is 8. The molecule has 0 aliphatic heterocycles. The predicted molar refractivity (Wildman–Crippen MR) is 109 cm³/mol. The molecule has 6 heteroatoms. The highest BCUT2D eigenvalue weighted by molar-refractivity contribution is 5.84. The second-order valence-electron chi connectivity index (χ2n) is 6.76. The molecule has 1 aromatic carbocycles. The number of likely N-dealkylation sites (N-methyl/N-ethyl adjacent to an activating group) is 1. The summed E-state index contributed by atoms with van der Waals surface area (Å²) in [6.45, 7) is 5.81. The first-order valence-corrected chi connectivity index (χ1v) is 9.27. The summed E-state index contributed by atoms with van der Waals surface area (Å²) in [5.41, 5.74) is 3.94. The van der Waals surface area contributed by atoms with Crippen LogP contribution in [0.4, 0.5) is 0 Å². The van der Waals surface area contributed by atoms with Gasteiger partial charge in [-0.25, -0.2) is 4.99 Å². The van der Waals surface area contributed by atoms with E-state index in [4.69, 9.17) is 4.42 Å². The van der Waals surface area contributed by atoms with Crippen molar-refractivity contribution in [2.75, 3.05) is 33.7 Å². The molecule has 2 rings (SSSR count). The Hall–Kier alpha value is -2.76. The number of benzene rings is 1. The fraction of sp³-hybridized carbons (Fsp3) is 0.429. The van der Waals surface area contributed by atoms with Crippen LogP contribution < -0.4 is 10.6 Å². The van der Waals surface area contributed by atoms with Gasteiger partial charge in [0.2, 0.25) is 5.91 Å². The number of nitrogens with one attached hydrogen (secondary N) is 2. The van der Waals surface area contributed by atoms with Crippen molar-refractivity contribution in [1.29, 1.82) is 0 Å². The van der Waals surface area contributed by atoms with Crippen LogP contribution in [0, 0.1) is 13.8 Å². The molecule has 0 aliphatic carbocycles. The molecular formula is C21H30N4O2. The van der Waals surface area contributed by atoms with Crippen LogP contribution in [0.2, 0.25) is 0 Å². The minimum absolute atomic E-state index is 0.0307. The predicted octanol–water partition coefficient (Wildman–Crippen LogP) is 2.31. The lowest BCUT2D eigenvalue weighted by molar-refractivity contribution is -0.127. The Kier molecular flexibility index (Phi) is 7.92. The second kappa shape index (κ2) is 10.4. The van der Waals surface area contributed by atoms with Crippen molar-refractivity contribution < 1.29 is 9.21 Å². The maximum absolute atomic E-state index is 11.8. The lowest BCUT2D eigenvalue weighted by Gasteiger charge is -2.15. The summed E-state index contributed by atoms with van der Waals surface area (Å²) in [6.07, 6.45) is 3.33. The molecule has 0 unspecified atom stereocenters. The largest absolute Gasteiger partial charge is 0.469 e. The summed E-state index contributed by atoms with van der Waals surface area (Å²) in [6, 6.07) is 10.2. The van der Waals surface area contributed by atoms with E-state index in [9.17, 15) is 4.79 Å². The van der Waals surface area contributed by atoms with Gasteiger partial charge in [-0.3, -0.25) is 4.79 Å². The zero-order valence-corrected chi connectivity index (χ0v) is 16.7. The van der Waals surface area contributed by atoms with Crippen molar-refractivity contribution in [3.63, 3.8) is 0 Å².